The van der Waals surface area contributed by atoms with E-state index in [9.17, 15) is 9.59 Å². The van der Waals surface area contributed by atoms with E-state index in [1.54, 1.807) is 29.7 Å². The Hall–Kier alpha value is -3.72. The SMILES string of the molecule is O=C(Cn1nc2ccccn2c1=O)Nc1sc2c(c1-c1nc3ccccc3[nH]1)CCCC2. The number of benzene rings is 1. The molecule has 0 bridgehead atoms. The molecule has 1 aromatic carbocycles. The van der Waals surface area contributed by atoms with Gasteiger partial charge in [0.15, 0.2) is 5.65 Å². The number of amides is 1. The minimum atomic E-state index is -0.335. The number of para-hydroxylation sites is 2. The van der Waals surface area contributed by atoms with Gasteiger partial charge in [0.1, 0.15) is 17.4 Å². The number of hydrogen-bond donors (Lipinski definition) is 2. The van der Waals surface area contributed by atoms with Crippen molar-refractivity contribution in [1.29, 1.82) is 0 Å². The van der Waals surface area contributed by atoms with E-state index < -0.39 is 0 Å². The Morgan fingerprint density at radius 1 is 1.12 bits per heavy atom. The summed E-state index contributed by atoms with van der Waals surface area (Å²) in [6, 6.07) is 13.2. The first-order valence-electron chi connectivity index (χ1n) is 10.6. The largest absolute Gasteiger partial charge is 0.350 e. The molecule has 0 fully saturated rings. The quantitative estimate of drug-likeness (QED) is 0.442. The number of rotatable bonds is 4. The van der Waals surface area contributed by atoms with Crippen LogP contribution in [0.4, 0.5) is 5.00 Å². The molecule has 32 heavy (non-hydrogen) atoms. The molecule has 1 amide bonds. The summed E-state index contributed by atoms with van der Waals surface area (Å²) in [4.78, 5) is 35.0. The third-order valence-corrected chi connectivity index (χ3v) is 7.04. The third-order valence-electron chi connectivity index (χ3n) is 5.83. The number of aryl methyl sites for hydroxylation is 1. The molecule has 160 valence electrons. The zero-order valence-corrected chi connectivity index (χ0v) is 18.0. The number of fused-ring (bicyclic) bond motifs is 3. The number of nitrogens with one attached hydrogen (secondary N) is 2. The second kappa shape index (κ2) is 7.45. The van der Waals surface area contributed by atoms with Gasteiger partial charge >= 0.3 is 5.69 Å². The van der Waals surface area contributed by atoms with Gasteiger partial charge in [-0.3, -0.25) is 9.20 Å². The second-order valence-corrected chi connectivity index (χ2v) is 9.04. The summed E-state index contributed by atoms with van der Waals surface area (Å²) in [7, 11) is 0. The fourth-order valence-electron chi connectivity index (χ4n) is 4.35. The number of imidazole rings is 1. The van der Waals surface area contributed by atoms with Crippen LogP contribution < -0.4 is 11.0 Å². The van der Waals surface area contributed by atoms with Crippen LogP contribution in [0.25, 0.3) is 28.1 Å². The van der Waals surface area contributed by atoms with Crippen molar-refractivity contribution in [2.75, 3.05) is 5.32 Å². The Balaban J connectivity index is 1.36. The highest BCUT2D eigenvalue weighted by Gasteiger charge is 2.25. The second-order valence-electron chi connectivity index (χ2n) is 7.93. The van der Waals surface area contributed by atoms with Crippen LogP contribution in [0.5, 0.6) is 0 Å². The third kappa shape index (κ3) is 3.13. The normalized spacial score (nSPS) is 13.5. The van der Waals surface area contributed by atoms with Crippen LogP contribution in [0.2, 0.25) is 0 Å². The summed E-state index contributed by atoms with van der Waals surface area (Å²) in [6.45, 7) is -0.150. The van der Waals surface area contributed by atoms with Gasteiger partial charge in [-0.15, -0.1) is 16.4 Å². The Bertz CT molecular complexity index is 1510. The summed E-state index contributed by atoms with van der Waals surface area (Å²) in [5, 5.41) is 8.08. The smallest absolute Gasteiger partial charge is 0.338 e. The minimum Gasteiger partial charge on any atom is -0.338 e. The number of aromatic amines is 1. The number of anilines is 1. The van der Waals surface area contributed by atoms with E-state index in [1.807, 2.05) is 30.3 Å². The van der Waals surface area contributed by atoms with Gasteiger partial charge in [0.25, 0.3) is 0 Å². The number of carbonyl (C=O) groups excluding carboxylic acids is 1. The van der Waals surface area contributed by atoms with Crippen molar-refractivity contribution >= 4 is 38.9 Å². The lowest BCUT2D eigenvalue weighted by molar-refractivity contribution is -0.116. The van der Waals surface area contributed by atoms with E-state index in [4.69, 9.17) is 4.98 Å². The van der Waals surface area contributed by atoms with Gasteiger partial charge in [0.05, 0.1) is 16.6 Å². The molecule has 0 spiro atoms. The summed E-state index contributed by atoms with van der Waals surface area (Å²) in [6.07, 6.45) is 5.90. The molecule has 4 aromatic heterocycles. The zero-order chi connectivity index (χ0) is 21.7. The fourth-order valence-corrected chi connectivity index (χ4v) is 5.66. The Morgan fingerprint density at radius 3 is 2.84 bits per heavy atom. The number of thiophene rings is 1. The first-order valence-corrected chi connectivity index (χ1v) is 11.4. The van der Waals surface area contributed by atoms with Gasteiger partial charge in [-0.05, 0) is 55.5 Å². The Morgan fingerprint density at radius 2 is 1.97 bits per heavy atom. The van der Waals surface area contributed by atoms with Crippen molar-refractivity contribution in [2.45, 2.75) is 32.2 Å². The van der Waals surface area contributed by atoms with Crippen molar-refractivity contribution in [2.24, 2.45) is 0 Å². The van der Waals surface area contributed by atoms with E-state index in [2.05, 4.69) is 15.4 Å². The van der Waals surface area contributed by atoms with Crippen molar-refractivity contribution in [3.8, 4) is 11.4 Å². The van der Waals surface area contributed by atoms with Gasteiger partial charge < -0.3 is 10.3 Å². The lowest BCUT2D eigenvalue weighted by atomic mass is 9.95. The van der Waals surface area contributed by atoms with Crippen LogP contribution >= 0.6 is 11.3 Å². The Labute approximate surface area is 186 Å². The van der Waals surface area contributed by atoms with E-state index in [1.165, 1.54) is 19.5 Å². The van der Waals surface area contributed by atoms with Gasteiger partial charge in [0, 0.05) is 11.1 Å². The van der Waals surface area contributed by atoms with Crippen molar-refractivity contribution in [3.05, 3.63) is 69.6 Å². The van der Waals surface area contributed by atoms with Gasteiger partial charge in [-0.1, -0.05) is 18.2 Å². The molecule has 5 aromatic rings. The zero-order valence-electron chi connectivity index (χ0n) is 17.2. The number of nitrogens with zero attached hydrogens (tertiary/aromatic N) is 4. The maximum absolute atomic E-state index is 12.9. The molecule has 0 saturated heterocycles. The van der Waals surface area contributed by atoms with Crippen LogP contribution in [-0.4, -0.2) is 30.1 Å². The molecule has 0 aliphatic heterocycles. The average molecular weight is 445 g/mol. The summed E-state index contributed by atoms with van der Waals surface area (Å²) < 4.78 is 2.62. The number of aromatic nitrogens is 5. The fraction of sp³-hybridized carbons (Fsp3) is 0.217. The molecule has 8 nitrogen and oxygen atoms in total. The van der Waals surface area contributed by atoms with Crippen LogP contribution in [0.3, 0.4) is 0 Å². The Kier molecular flexibility index (Phi) is 4.43. The van der Waals surface area contributed by atoms with Crippen LogP contribution in [0, 0.1) is 0 Å². The molecular formula is C23H20N6O2S. The molecule has 4 heterocycles. The van der Waals surface area contributed by atoms with Crippen LogP contribution in [0.1, 0.15) is 23.3 Å². The highest BCUT2D eigenvalue weighted by atomic mass is 32.1. The molecule has 0 radical (unpaired) electrons. The molecule has 1 aliphatic rings. The summed E-state index contributed by atoms with van der Waals surface area (Å²) in [5.74, 6) is 0.484. The van der Waals surface area contributed by atoms with Gasteiger partial charge in [-0.25, -0.2) is 14.5 Å². The molecular weight excluding hydrogens is 424 g/mol. The molecule has 0 unspecified atom stereocenters. The number of carbonyl (C=O) groups is 1. The summed E-state index contributed by atoms with van der Waals surface area (Å²) >= 11 is 1.61. The predicted octanol–water partition coefficient (Wildman–Crippen LogP) is 3.62. The van der Waals surface area contributed by atoms with Crippen molar-refractivity contribution in [1.82, 2.24) is 24.1 Å². The predicted molar refractivity (Wildman–Crippen MR) is 124 cm³/mol. The van der Waals surface area contributed by atoms with Gasteiger partial charge in [0.2, 0.25) is 5.91 Å². The standard InChI is InChI=1S/C23H20N6O2S/c30-19(13-29-23(31)28-12-6-5-11-18(28)27-29)26-22-20(14-7-1-4-10-17(14)32-22)21-24-15-8-2-3-9-16(15)25-21/h2-3,5-6,8-9,11-12H,1,4,7,10,13H2,(H,24,25)(H,26,30). The lowest BCUT2D eigenvalue weighted by Gasteiger charge is -2.12. The monoisotopic (exact) mass is 444 g/mol. The first kappa shape index (κ1) is 19.0. The maximum atomic E-state index is 12.9. The minimum absolute atomic E-state index is 0.150. The van der Waals surface area contributed by atoms with Crippen LogP contribution in [-0.2, 0) is 24.2 Å². The van der Waals surface area contributed by atoms with E-state index in [-0.39, 0.29) is 18.1 Å². The number of hydrogen-bond acceptors (Lipinski definition) is 5. The summed E-state index contributed by atoms with van der Waals surface area (Å²) in [5.41, 5.74) is 4.27. The molecule has 0 saturated carbocycles. The molecule has 0 atom stereocenters. The number of H-pyrrole nitrogens is 1. The van der Waals surface area contributed by atoms with Gasteiger partial charge in [-0.2, -0.15) is 0 Å². The van der Waals surface area contributed by atoms with E-state index >= 15 is 0 Å². The maximum Gasteiger partial charge on any atom is 0.350 e. The first-order chi connectivity index (χ1) is 15.7. The van der Waals surface area contributed by atoms with E-state index in [0.29, 0.717) is 5.65 Å². The van der Waals surface area contributed by atoms with E-state index in [0.717, 1.165) is 53.1 Å². The molecule has 1 aliphatic carbocycles. The highest BCUT2D eigenvalue weighted by molar-refractivity contribution is 7.17. The lowest BCUT2D eigenvalue weighted by Crippen LogP contribution is -2.28. The molecule has 2 N–H and O–H groups in total. The van der Waals surface area contributed by atoms with Crippen LogP contribution in [0.15, 0.2) is 53.5 Å². The average Bonchev–Trinajstić information content (AvgIpc) is 3.47. The topological polar surface area (TPSA) is 97.1 Å². The molecule has 6 rings (SSSR count). The van der Waals surface area contributed by atoms with Crippen molar-refractivity contribution in [3.63, 3.8) is 0 Å². The molecule has 9 heteroatoms. The number of pyridine rings is 1. The highest BCUT2D eigenvalue weighted by Crippen LogP contribution is 2.43. The van der Waals surface area contributed by atoms with Crippen molar-refractivity contribution < 1.29 is 4.79 Å².